The van der Waals surface area contributed by atoms with E-state index in [4.69, 9.17) is 14.2 Å². The Morgan fingerprint density at radius 3 is 2.33 bits per heavy atom. The minimum atomic E-state index is -0.0331. The van der Waals surface area contributed by atoms with Crippen LogP contribution in [0.1, 0.15) is 30.6 Å². The summed E-state index contributed by atoms with van der Waals surface area (Å²) in [6, 6.07) is 12.0. The van der Waals surface area contributed by atoms with Gasteiger partial charge >= 0.3 is 0 Å². The van der Waals surface area contributed by atoms with Crippen molar-refractivity contribution in [1.29, 1.82) is 0 Å². The van der Waals surface area contributed by atoms with Crippen LogP contribution in [0.15, 0.2) is 41.3 Å². The van der Waals surface area contributed by atoms with Crippen molar-refractivity contribution in [3.63, 3.8) is 0 Å². The second kappa shape index (κ2) is 8.57. The molecule has 1 amide bonds. The molecule has 27 heavy (non-hydrogen) atoms. The Hall–Kier alpha value is -2.34. The van der Waals surface area contributed by atoms with Gasteiger partial charge in [0.05, 0.1) is 27.0 Å². The van der Waals surface area contributed by atoms with Crippen LogP contribution in [0.3, 0.4) is 0 Å². The summed E-state index contributed by atoms with van der Waals surface area (Å²) in [4.78, 5) is 16.0. The van der Waals surface area contributed by atoms with Crippen molar-refractivity contribution in [2.75, 3.05) is 32.8 Å². The summed E-state index contributed by atoms with van der Waals surface area (Å²) in [6.07, 6.45) is 1.33. The van der Waals surface area contributed by atoms with Gasteiger partial charge in [0.1, 0.15) is 0 Å². The van der Waals surface area contributed by atoms with E-state index in [0.717, 1.165) is 29.1 Å². The van der Waals surface area contributed by atoms with Gasteiger partial charge < -0.3 is 19.1 Å². The van der Waals surface area contributed by atoms with Crippen molar-refractivity contribution in [1.82, 2.24) is 0 Å². The SMILES string of the molecule is CCCN1C(=O)CC(c2cc(OC)c(OC)c(OC)c2)Sc2ccccc21. The predicted octanol–water partition coefficient (Wildman–Crippen LogP) is 4.69. The van der Waals surface area contributed by atoms with Gasteiger partial charge in [0.15, 0.2) is 11.5 Å². The Balaban J connectivity index is 2.05. The lowest BCUT2D eigenvalue weighted by Crippen LogP contribution is -2.31. The van der Waals surface area contributed by atoms with Crippen LogP contribution in [-0.2, 0) is 4.79 Å². The second-order valence-corrected chi connectivity index (χ2v) is 7.53. The van der Waals surface area contributed by atoms with Crippen molar-refractivity contribution in [2.24, 2.45) is 0 Å². The number of hydrogen-bond donors (Lipinski definition) is 0. The minimum Gasteiger partial charge on any atom is -0.493 e. The number of ether oxygens (including phenoxy) is 3. The molecule has 0 spiro atoms. The number of hydrogen-bond acceptors (Lipinski definition) is 5. The summed E-state index contributed by atoms with van der Waals surface area (Å²) in [5.41, 5.74) is 1.97. The molecule has 3 rings (SSSR count). The zero-order valence-corrected chi connectivity index (χ0v) is 17.0. The quantitative estimate of drug-likeness (QED) is 0.719. The van der Waals surface area contributed by atoms with Crippen molar-refractivity contribution < 1.29 is 19.0 Å². The number of methoxy groups -OCH3 is 3. The molecular weight excluding hydrogens is 362 g/mol. The van der Waals surface area contributed by atoms with E-state index in [-0.39, 0.29) is 11.2 Å². The number of amides is 1. The Morgan fingerprint density at radius 1 is 1.07 bits per heavy atom. The summed E-state index contributed by atoms with van der Waals surface area (Å²) < 4.78 is 16.4. The van der Waals surface area contributed by atoms with Crippen LogP contribution in [-0.4, -0.2) is 33.8 Å². The molecular formula is C21H25NO4S. The minimum absolute atomic E-state index is 0.0331. The Morgan fingerprint density at radius 2 is 1.74 bits per heavy atom. The maximum atomic E-state index is 13.0. The molecule has 0 radical (unpaired) electrons. The number of carbonyl (C=O) groups excluding carboxylic acids is 1. The van der Waals surface area contributed by atoms with Crippen LogP contribution in [0.5, 0.6) is 17.2 Å². The van der Waals surface area contributed by atoms with Gasteiger partial charge in [0.2, 0.25) is 11.7 Å². The maximum absolute atomic E-state index is 13.0. The Kier molecular flexibility index (Phi) is 6.16. The maximum Gasteiger partial charge on any atom is 0.228 e. The van der Waals surface area contributed by atoms with Gasteiger partial charge in [0.25, 0.3) is 0 Å². The van der Waals surface area contributed by atoms with Gasteiger partial charge in [-0.15, -0.1) is 11.8 Å². The molecule has 0 aromatic heterocycles. The standard InChI is InChI=1S/C21H25NO4S/c1-5-10-22-15-8-6-7-9-18(15)27-19(13-20(22)23)14-11-16(24-2)21(26-4)17(12-14)25-3/h6-9,11-12,19H,5,10,13H2,1-4H3. The Labute approximate surface area is 164 Å². The molecule has 2 aromatic rings. The molecule has 144 valence electrons. The molecule has 1 unspecified atom stereocenters. The highest BCUT2D eigenvalue weighted by Crippen LogP contribution is 2.48. The first kappa shape index (κ1) is 19.4. The molecule has 1 aliphatic rings. The third kappa shape index (κ3) is 3.86. The summed E-state index contributed by atoms with van der Waals surface area (Å²) in [5.74, 6) is 1.89. The highest BCUT2D eigenvalue weighted by Gasteiger charge is 2.30. The van der Waals surface area contributed by atoms with Gasteiger partial charge in [0, 0.05) is 23.1 Å². The highest BCUT2D eigenvalue weighted by molar-refractivity contribution is 7.99. The van der Waals surface area contributed by atoms with Crippen LogP contribution >= 0.6 is 11.8 Å². The first-order valence-corrected chi connectivity index (χ1v) is 9.86. The number of nitrogens with zero attached hydrogens (tertiary/aromatic N) is 1. The summed E-state index contributed by atoms with van der Waals surface area (Å²) in [5, 5.41) is -0.0331. The largest absolute Gasteiger partial charge is 0.493 e. The van der Waals surface area contributed by atoms with Crippen LogP contribution in [0.25, 0.3) is 0 Å². The summed E-state index contributed by atoms with van der Waals surface area (Å²) >= 11 is 1.70. The van der Waals surface area contributed by atoms with Crippen molar-refractivity contribution in [2.45, 2.75) is 29.9 Å². The number of anilines is 1. The molecule has 0 aliphatic carbocycles. The first-order valence-electron chi connectivity index (χ1n) is 8.98. The molecule has 0 saturated carbocycles. The molecule has 1 aliphatic heterocycles. The molecule has 0 N–H and O–H groups in total. The van der Waals surface area contributed by atoms with E-state index in [1.54, 1.807) is 33.1 Å². The fourth-order valence-electron chi connectivity index (χ4n) is 3.32. The molecule has 0 saturated heterocycles. The predicted molar refractivity (Wildman–Crippen MR) is 108 cm³/mol. The van der Waals surface area contributed by atoms with E-state index in [2.05, 4.69) is 13.0 Å². The van der Waals surface area contributed by atoms with E-state index in [0.29, 0.717) is 23.7 Å². The van der Waals surface area contributed by atoms with Gasteiger partial charge in [-0.05, 0) is 36.2 Å². The normalized spacial score (nSPS) is 16.5. The third-order valence-electron chi connectivity index (χ3n) is 4.59. The van der Waals surface area contributed by atoms with E-state index in [1.807, 2.05) is 35.2 Å². The van der Waals surface area contributed by atoms with Crippen molar-refractivity contribution >= 4 is 23.4 Å². The number of carbonyl (C=O) groups is 1. The second-order valence-electron chi connectivity index (χ2n) is 6.28. The van der Waals surface area contributed by atoms with Gasteiger partial charge in [-0.2, -0.15) is 0 Å². The lowest BCUT2D eigenvalue weighted by Gasteiger charge is -2.22. The zero-order chi connectivity index (χ0) is 19.4. The van der Waals surface area contributed by atoms with Gasteiger partial charge in [-0.3, -0.25) is 4.79 Å². The van der Waals surface area contributed by atoms with Crippen LogP contribution < -0.4 is 19.1 Å². The average molecular weight is 388 g/mol. The topological polar surface area (TPSA) is 48.0 Å². The third-order valence-corrected chi connectivity index (χ3v) is 5.91. The molecule has 0 fully saturated rings. The fraction of sp³-hybridized carbons (Fsp3) is 0.381. The highest BCUT2D eigenvalue weighted by atomic mass is 32.2. The molecule has 6 heteroatoms. The van der Waals surface area contributed by atoms with Crippen molar-refractivity contribution in [3.8, 4) is 17.2 Å². The van der Waals surface area contributed by atoms with E-state index >= 15 is 0 Å². The van der Waals surface area contributed by atoms with E-state index in [1.165, 1.54) is 0 Å². The van der Waals surface area contributed by atoms with Crippen LogP contribution in [0.2, 0.25) is 0 Å². The van der Waals surface area contributed by atoms with Gasteiger partial charge in [-0.25, -0.2) is 0 Å². The van der Waals surface area contributed by atoms with E-state index < -0.39 is 0 Å². The zero-order valence-electron chi connectivity index (χ0n) is 16.2. The van der Waals surface area contributed by atoms with Crippen LogP contribution in [0.4, 0.5) is 5.69 Å². The number of benzene rings is 2. The molecule has 0 bridgehead atoms. The molecule has 2 aromatic carbocycles. The number of thioether (sulfide) groups is 1. The smallest absolute Gasteiger partial charge is 0.228 e. The molecule has 5 nitrogen and oxygen atoms in total. The fourth-order valence-corrected chi connectivity index (χ4v) is 4.58. The molecule has 1 heterocycles. The Bertz CT molecular complexity index is 799. The first-order chi connectivity index (χ1) is 13.1. The summed E-state index contributed by atoms with van der Waals surface area (Å²) in [7, 11) is 4.79. The lowest BCUT2D eigenvalue weighted by molar-refractivity contribution is -0.118. The number of fused-ring (bicyclic) bond motifs is 1. The van der Waals surface area contributed by atoms with Crippen molar-refractivity contribution in [3.05, 3.63) is 42.0 Å². The average Bonchev–Trinajstić information content (AvgIpc) is 2.84. The lowest BCUT2D eigenvalue weighted by atomic mass is 10.1. The molecule has 1 atom stereocenters. The van der Waals surface area contributed by atoms with Gasteiger partial charge in [-0.1, -0.05) is 19.1 Å². The number of rotatable bonds is 6. The number of para-hydroxylation sites is 1. The van der Waals surface area contributed by atoms with E-state index in [9.17, 15) is 4.79 Å². The summed E-state index contributed by atoms with van der Waals surface area (Å²) in [6.45, 7) is 2.81. The van der Waals surface area contributed by atoms with Crippen LogP contribution in [0, 0.1) is 0 Å². The monoisotopic (exact) mass is 387 g/mol.